The molecule has 0 unspecified atom stereocenters. The lowest BCUT2D eigenvalue weighted by molar-refractivity contribution is -0.709. The Kier molecular flexibility index (Phi) is 14.9. The molecule has 0 saturated heterocycles. The molecule has 0 aliphatic carbocycles. The van der Waals surface area contributed by atoms with Crippen molar-refractivity contribution in [2.45, 2.75) is 104 Å². The monoisotopic (exact) mass is 383 g/mol. The summed E-state index contributed by atoms with van der Waals surface area (Å²) < 4.78 is 2.45. The number of nitrogens with zero attached hydrogens (tertiary/aromatic N) is 1. The zero-order chi connectivity index (χ0) is 16.0. The van der Waals surface area contributed by atoms with E-state index in [1.807, 2.05) is 0 Å². The molecule has 0 aromatic carbocycles. The largest absolute Gasteiger partial charge is 1.00 e. The highest BCUT2D eigenvalue weighted by Crippen LogP contribution is 2.12. The minimum absolute atomic E-state index is 0. The highest BCUT2D eigenvalue weighted by molar-refractivity contribution is 5.00. The van der Waals surface area contributed by atoms with Gasteiger partial charge in [-0.15, -0.1) is 0 Å². The van der Waals surface area contributed by atoms with Crippen LogP contribution in [0.3, 0.4) is 0 Å². The van der Waals surface area contributed by atoms with Crippen molar-refractivity contribution in [3.8, 4) is 0 Å². The molecule has 1 heterocycles. The molecule has 0 saturated carbocycles. The van der Waals surface area contributed by atoms with E-state index in [0.717, 1.165) is 0 Å². The van der Waals surface area contributed by atoms with Crippen molar-refractivity contribution >= 4 is 0 Å². The molecule has 0 fully saturated rings. The lowest BCUT2D eigenvalue weighted by Crippen LogP contribution is -3.00. The van der Waals surface area contributed by atoms with E-state index in [9.17, 15) is 0 Å². The van der Waals surface area contributed by atoms with Gasteiger partial charge in [0.15, 0.2) is 11.4 Å². The third-order valence-corrected chi connectivity index (χ3v) is 4.76. The third kappa shape index (κ3) is 10.9. The van der Waals surface area contributed by atoms with Crippen molar-refractivity contribution < 1.29 is 21.5 Å². The quantitative estimate of drug-likeness (QED) is 0.363. The number of aromatic nitrogens is 1. The van der Waals surface area contributed by atoms with Gasteiger partial charge in [0.05, 0.1) is 0 Å². The molecule has 0 atom stereocenters. The number of unbranched alkanes of at least 4 members (excludes halogenated alkanes) is 11. The first-order valence-corrected chi connectivity index (χ1v) is 9.71. The van der Waals surface area contributed by atoms with Crippen molar-refractivity contribution in [2.75, 3.05) is 0 Å². The lowest BCUT2D eigenvalue weighted by Gasteiger charge is -2.04. The molecule has 0 amide bonds. The predicted octanol–water partition coefficient (Wildman–Crippen LogP) is 3.30. The fourth-order valence-electron chi connectivity index (χ4n) is 3.25. The molecule has 0 bridgehead atoms. The van der Waals surface area contributed by atoms with Crippen LogP contribution in [-0.4, -0.2) is 0 Å². The number of aryl methyl sites for hydroxylation is 2. The summed E-state index contributed by atoms with van der Waals surface area (Å²) in [5.74, 6) is 0. The van der Waals surface area contributed by atoms with Crippen molar-refractivity contribution in [2.24, 2.45) is 0 Å². The second-order valence-corrected chi connectivity index (χ2v) is 6.85. The van der Waals surface area contributed by atoms with Gasteiger partial charge in [-0.1, -0.05) is 71.1 Å². The van der Waals surface area contributed by atoms with Crippen LogP contribution in [0.15, 0.2) is 18.2 Å². The van der Waals surface area contributed by atoms with Gasteiger partial charge in [-0.3, -0.25) is 0 Å². The Labute approximate surface area is 155 Å². The highest BCUT2D eigenvalue weighted by atomic mass is 79.9. The van der Waals surface area contributed by atoms with Gasteiger partial charge >= 0.3 is 0 Å². The molecule has 0 aliphatic rings. The minimum Gasteiger partial charge on any atom is -1.00 e. The zero-order valence-corrected chi connectivity index (χ0v) is 17.3. The maximum absolute atomic E-state index is 2.45. The van der Waals surface area contributed by atoms with E-state index in [1.54, 1.807) is 0 Å². The first kappa shape index (κ1) is 22.6. The maximum atomic E-state index is 2.45. The summed E-state index contributed by atoms with van der Waals surface area (Å²) in [7, 11) is 0. The van der Waals surface area contributed by atoms with Crippen LogP contribution >= 0.6 is 0 Å². The molecule has 0 radical (unpaired) electrons. The SMILES string of the molecule is CCCCCCCCCCCCCC[n+]1c(C)cccc1C.[Br-]. The van der Waals surface area contributed by atoms with Gasteiger partial charge in [0.1, 0.15) is 6.54 Å². The molecule has 1 nitrogen and oxygen atoms in total. The fourth-order valence-corrected chi connectivity index (χ4v) is 3.25. The summed E-state index contributed by atoms with van der Waals surface area (Å²) in [5, 5.41) is 0. The molecule has 1 aromatic heterocycles. The average molecular weight is 384 g/mol. The van der Waals surface area contributed by atoms with E-state index in [-0.39, 0.29) is 17.0 Å². The van der Waals surface area contributed by atoms with Gasteiger partial charge in [-0.25, -0.2) is 4.57 Å². The van der Waals surface area contributed by atoms with E-state index in [1.165, 1.54) is 95.0 Å². The molecular formula is C21H38BrN. The number of pyridine rings is 1. The van der Waals surface area contributed by atoms with Crippen molar-refractivity contribution in [3.63, 3.8) is 0 Å². The smallest absolute Gasteiger partial charge is 0.178 e. The summed E-state index contributed by atoms with van der Waals surface area (Å²) in [6.07, 6.45) is 17.1. The van der Waals surface area contributed by atoms with Gasteiger partial charge in [-0.05, 0) is 12.5 Å². The first-order chi connectivity index (χ1) is 10.8. The van der Waals surface area contributed by atoms with E-state index in [2.05, 4.69) is 43.5 Å². The van der Waals surface area contributed by atoms with Gasteiger partial charge < -0.3 is 17.0 Å². The van der Waals surface area contributed by atoms with Gasteiger partial charge in [0, 0.05) is 32.4 Å². The summed E-state index contributed by atoms with van der Waals surface area (Å²) >= 11 is 0. The highest BCUT2D eigenvalue weighted by Gasteiger charge is 2.08. The van der Waals surface area contributed by atoms with Crippen LogP contribution < -0.4 is 21.5 Å². The second-order valence-electron chi connectivity index (χ2n) is 6.85. The third-order valence-electron chi connectivity index (χ3n) is 4.76. The van der Waals surface area contributed by atoms with Crippen LogP contribution in [0.5, 0.6) is 0 Å². The van der Waals surface area contributed by atoms with Gasteiger partial charge in [0.25, 0.3) is 0 Å². The van der Waals surface area contributed by atoms with Crippen LogP contribution in [0.2, 0.25) is 0 Å². The molecule has 0 spiro atoms. The molecule has 1 rings (SSSR count). The summed E-state index contributed by atoms with van der Waals surface area (Å²) in [6, 6.07) is 6.59. The molecule has 23 heavy (non-hydrogen) atoms. The van der Waals surface area contributed by atoms with Gasteiger partial charge in [-0.2, -0.15) is 0 Å². The Morgan fingerprint density at radius 2 is 1.04 bits per heavy atom. The van der Waals surface area contributed by atoms with Crippen LogP contribution in [0, 0.1) is 13.8 Å². The number of hydrogen-bond acceptors (Lipinski definition) is 0. The molecule has 134 valence electrons. The number of halogens is 1. The minimum atomic E-state index is 0. The summed E-state index contributed by atoms with van der Waals surface area (Å²) in [6.45, 7) is 7.91. The average Bonchev–Trinajstić information content (AvgIpc) is 2.51. The summed E-state index contributed by atoms with van der Waals surface area (Å²) in [5.41, 5.74) is 2.78. The van der Waals surface area contributed by atoms with E-state index in [0.29, 0.717) is 0 Å². The number of hydrogen-bond donors (Lipinski definition) is 0. The van der Waals surface area contributed by atoms with Crippen LogP contribution in [0.25, 0.3) is 0 Å². The lowest BCUT2D eigenvalue weighted by atomic mass is 10.1. The Bertz CT molecular complexity index is 369. The summed E-state index contributed by atoms with van der Waals surface area (Å²) in [4.78, 5) is 0. The van der Waals surface area contributed by atoms with E-state index < -0.39 is 0 Å². The normalized spacial score (nSPS) is 10.6. The first-order valence-electron chi connectivity index (χ1n) is 9.71. The molecule has 2 heteroatoms. The maximum Gasteiger partial charge on any atom is 0.178 e. The van der Waals surface area contributed by atoms with Crippen molar-refractivity contribution in [1.82, 2.24) is 0 Å². The topological polar surface area (TPSA) is 3.88 Å². The Morgan fingerprint density at radius 1 is 0.652 bits per heavy atom. The second kappa shape index (κ2) is 15.2. The van der Waals surface area contributed by atoms with Crippen LogP contribution in [-0.2, 0) is 6.54 Å². The Morgan fingerprint density at radius 3 is 1.48 bits per heavy atom. The predicted molar refractivity (Wildman–Crippen MR) is 97.2 cm³/mol. The van der Waals surface area contributed by atoms with Crippen LogP contribution in [0.1, 0.15) is 95.4 Å². The van der Waals surface area contributed by atoms with Crippen molar-refractivity contribution in [1.29, 1.82) is 0 Å². The van der Waals surface area contributed by atoms with E-state index in [4.69, 9.17) is 0 Å². The fraction of sp³-hybridized carbons (Fsp3) is 0.762. The van der Waals surface area contributed by atoms with Gasteiger partial charge in [0.2, 0.25) is 0 Å². The zero-order valence-electron chi connectivity index (χ0n) is 15.7. The van der Waals surface area contributed by atoms with Crippen LogP contribution in [0.4, 0.5) is 0 Å². The Balaban J connectivity index is 0.00000484. The van der Waals surface area contributed by atoms with Crippen molar-refractivity contribution in [3.05, 3.63) is 29.6 Å². The Hall–Kier alpha value is -0.370. The molecule has 1 aromatic rings. The molecule has 0 aliphatic heterocycles. The molecular weight excluding hydrogens is 346 g/mol. The number of rotatable bonds is 13. The molecule has 0 N–H and O–H groups in total. The standard InChI is InChI=1S/C21H38N.BrH/c1-4-5-6-7-8-9-10-11-12-13-14-15-19-22-20(2)17-16-18-21(22)3;/h16-18H,4-15,19H2,1-3H3;1H/q+1;/p-1. The van der Waals surface area contributed by atoms with E-state index >= 15 is 0 Å².